The van der Waals surface area contributed by atoms with Gasteiger partial charge < -0.3 is 15.0 Å². The Hall–Kier alpha value is -3.12. The third-order valence-corrected chi connectivity index (χ3v) is 7.34. The molecular formula is C32H39BrN2O3. The van der Waals surface area contributed by atoms with E-state index in [0.717, 1.165) is 27.6 Å². The van der Waals surface area contributed by atoms with E-state index in [2.05, 4.69) is 35.1 Å². The second kappa shape index (κ2) is 14.1. The second-order valence-corrected chi connectivity index (χ2v) is 11.0. The van der Waals surface area contributed by atoms with Crippen molar-refractivity contribution in [1.29, 1.82) is 0 Å². The molecule has 0 heterocycles. The Kier molecular flexibility index (Phi) is 11.0. The molecule has 0 saturated carbocycles. The quantitative estimate of drug-likeness (QED) is 0.256. The van der Waals surface area contributed by atoms with Gasteiger partial charge in [-0.3, -0.25) is 9.59 Å². The highest BCUT2D eigenvalue weighted by molar-refractivity contribution is 9.10. The first-order valence-electron chi connectivity index (χ1n) is 13.3. The van der Waals surface area contributed by atoms with E-state index in [1.807, 2.05) is 93.6 Å². The van der Waals surface area contributed by atoms with E-state index in [1.165, 1.54) is 5.56 Å². The number of carbonyl (C=O) groups is 2. The molecule has 6 heteroatoms. The summed E-state index contributed by atoms with van der Waals surface area (Å²) in [6, 6.07) is 23.1. The summed E-state index contributed by atoms with van der Waals surface area (Å²) in [5, 5.41) is 3.10. The fourth-order valence-electron chi connectivity index (χ4n) is 4.10. The fourth-order valence-corrected chi connectivity index (χ4v) is 4.61. The maximum atomic E-state index is 13.8. The fraction of sp³-hybridized carbons (Fsp3) is 0.375. The molecule has 0 aliphatic heterocycles. The van der Waals surface area contributed by atoms with Gasteiger partial charge in [-0.25, -0.2) is 0 Å². The molecule has 0 aliphatic rings. The minimum atomic E-state index is -0.685. The summed E-state index contributed by atoms with van der Waals surface area (Å²) in [6.07, 6.45) is 1.21. The predicted molar refractivity (Wildman–Crippen MR) is 157 cm³/mol. The number of rotatable bonds is 12. The van der Waals surface area contributed by atoms with Crippen LogP contribution in [-0.4, -0.2) is 35.4 Å². The average molecular weight is 580 g/mol. The van der Waals surface area contributed by atoms with Crippen LogP contribution in [0.4, 0.5) is 0 Å². The van der Waals surface area contributed by atoms with E-state index in [9.17, 15) is 9.59 Å². The first-order chi connectivity index (χ1) is 18.2. The smallest absolute Gasteiger partial charge is 0.261 e. The van der Waals surface area contributed by atoms with Gasteiger partial charge >= 0.3 is 0 Å². The van der Waals surface area contributed by atoms with E-state index in [1.54, 1.807) is 4.90 Å². The van der Waals surface area contributed by atoms with Gasteiger partial charge in [-0.1, -0.05) is 87.0 Å². The molecule has 0 bridgehead atoms. The van der Waals surface area contributed by atoms with Crippen LogP contribution in [0, 0.1) is 6.92 Å². The summed E-state index contributed by atoms with van der Waals surface area (Å²) >= 11 is 3.58. The summed E-state index contributed by atoms with van der Waals surface area (Å²) in [5.41, 5.74) is 4.27. The number of benzene rings is 3. The number of nitrogens with one attached hydrogen (secondary N) is 1. The van der Waals surface area contributed by atoms with Crippen molar-refractivity contribution in [1.82, 2.24) is 10.2 Å². The van der Waals surface area contributed by atoms with E-state index in [4.69, 9.17) is 4.74 Å². The number of halogens is 1. The Labute approximate surface area is 235 Å². The summed E-state index contributed by atoms with van der Waals surface area (Å²) in [7, 11) is 0. The molecule has 0 radical (unpaired) electrons. The lowest BCUT2D eigenvalue weighted by atomic mass is 10.0. The molecule has 3 aromatic rings. The topological polar surface area (TPSA) is 58.6 Å². The van der Waals surface area contributed by atoms with Crippen molar-refractivity contribution < 1.29 is 14.3 Å². The van der Waals surface area contributed by atoms with E-state index in [0.29, 0.717) is 24.6 Å². The minimum Gasteiger partial charge on any atom is -0.483 e. The van der Waals surface area contributed by atoms with Crippen LogP contribution < -0.4 is 10.1 Å². The average Bonchev–Trinajstić information content (AvgIpc) is 2.91. The predicted octanol–water partition coefficient (Wildman–Crippen LogP) is 6.81. The van der Waals surface area contributed by atoms with Crippen LogP contribution in [0.15, 0.2) is 77.3 Å². The molecule has 0 spiro atoms. The van der Waals surface area contributed by atoms with Gasteiger partial charge in [-0.05, 0) is 70.9 Å². The van der Waals surface area contributed by atoms with Crippen molar-refractivity contribution in [2.24, 2.45) is 0 Å². The molecule has 0 aliphatic carbocycles. The third kappa shape index (κ3) is 8.45. The lowest BCUT2D eigenvalue weighted by Crippen LogP contribution is -2.53. The van der Waals surface area contributed by atoms with Gasteiger partial charge in [0, 0.05) is 19.0 Å². The zero-order chi connectivity index (χ0) is 27.7. The van der Waals surface area contributed by atoms with E-state index >= 15 is 0 Å². The van der Waals surface area contributed by atoms with E-state index in [-0.39, 0.29) is 24.5 Å². The molecule has 0 unspecified atom stereocenters. The minimum absolute atomic E-state index is 0.00350. The lowest BCUT2D eigenvalue weighted by molar-refractivity contribution is -0.143. The molecule has 0 saturated heterocycles. The molecule has 3 rings (SSSR count). The van der Waals surface area contributed by atoms with Crippen LogP contribution in [0.2, 0.25) is 0 Å². The zero-order valence-electron chi connectivity index (χ0n) is 23.0. The van der Waals surface area contributed by atoms with Crippen molar-refractivity contribution >= 4 is 27.7 Å². The van der Waals surface area contributed by atoms with Gasteiger partial charge in [0.05, 0.1) is 4.47 Å². The summed E-state index contributed by atoms with van der Waals surface area (Å²) in [5.74, 6) is 0.577. The van der Waals surface area contributed by atoms with E-state index < -0.39 is 6.04 Å². The number of ether oxygens (including phenoxy) is 1. The van der Waals surface area contributed by atoms with Crippen LogP contribution in [0.1, 0.15) is 62.3 Å². The molecule has 2 atom stereocenters. The van der Waals surface area contributed by atoms with Crippen molar-refractivity contribution in [2.75, 3.05) is 6.61 Å². The van der Waals surface area contributed by atoms with Crippen molar-refractivity contribution in [3.8, 4) is 5.75 Å². The number of nitrogens with zero attached hydrogens (tertiary/aromatic N) is 1. The largest absolute Gasteiger partial charge is 0.483 e. The maximum Gasteiger partial charge on any atom is 0.261 e. The van der Waals surface area contributed by atoms with Crippen LogP contribution in [0.5, 0.6) is 5.75 Å². The van der Waals surface area contributed by atoms with Crippen LogP contribution in [-0.2, 0) is 22.6 Å². The van der Waals surface area contributed by atoms with Crippen molar-refractivity contribution in [2.45, 2.75) is 72.0 Å². The van der Waals surface area contributed by atoms with Crippen molar-refractivity contribution in [3.05, 3.63) is 99.5 Å². The number of aryl methyl sites for hydroxylation is 1. The highest BCUT2D eigenvalue weighted by Crippen LogP contribution is 2.29. The van der Waals surface area contributed by atoms with Crippen LogP contribution >= 0.6 is 15.9 Å². The molecule has 38 heavy (non-hydrogen) atoms. The Balaban J connectivity index is 1.91. The van der Waals surface area contributed by atoms with Gasteiger partial charge in [-0.15, -0.1) is 0 Å². The Bertz CT molecular complexity index is 1200. The van der Waals surface area contributed by atoms with Gasteiger partial charge in [-0.2, -0.15) is 0 Å². The van der Waals surface area contributed by atoms with Gasteiger partial charge in [0.2, 0.25) is 5.91 Å². The summed E-state index contributed by atoms with van der Waals surface area (Å²) in [6.45, 7) is 10.4. The molecule has 202 valence electrons. The standard InChI is InChI=1S/C32H39BrN2O3/c1-6-24(5)34-32(37)29(18-25-10-8-7-9-11-25)35(20-26-14-12-23(4)13-15-26)31(36)21-38-30-17-16-27(22(2)3)19-28(30)33/h7-17,19,22,24,29H,6,18,20-21H2,1-5H3,(H,34,37)/t24-,29-/m0/s1. The summed E-state index contributed by atoms with van der Waals surface area (Å²) < 4.78 is 6.79. The number of amides is 2. The normalized spacial score (nSPS) is 12.6. The number of carbonyl (C=O) groups excluding carboxylic acids is 2. The first kappa shape index (κ1) is 29.4. The van der Waals surface area contributed by atoms with Crippen LogP contribution in [0.3, 0.4) is 0 Å². The number of hydrogen-bond donors (Lipinski definition) is 1. The SMILES string of the molecule is CC[C@H](C)NC(=O)[C@H](Cc1ccccc1)N(Cc1ccc(C)cc1)C(=O)COc1ccc(C(C)C)cc1Br. The molecule has 5 nitrogen and oxygen atoms in total. The Morgan fingerprint density at radius 2 is 1.63 bits per heavy atom. The molecule has 2 amide bonds. The summed E-state index contributed by atoms with van der Waals surface area (Å²) in [4.78, 5) is 29.0. The first-order valence-corrected chi connectivity index (χ1v) is 14.1. The molecule has 0 aromatic heterocycles. The third-order valence-electron chi connectivity index (χ3n) is 6.72. The Morgan fingerprint density at radius 1 is 0.947 bits per heavy atom. The molecular weight excluding hydrogens is 540 g/mol. The molecule has 3 aromatic carbocycles. The Morgan fingerprint density at radius 3 is 2.24 bits per heavy atom. The van der Waals surface area contributed by atoms with Crippen LogP contribution in [0.25, 0.3) is 0 Å². The highest BCUT2D eigenvalue weighted by Gasteiger charge is 2.31. The molecule has 0 fully saturated rings. The zero-order valence-corrected chi connectivity index (χ0v) is 24.6. The molecule has 1 N–H and O–H groups in total. The maximum absolute atomic E-state index is 13.8. The highest BCUT2D eigenvalue weighted by atomic mass is 79.9. The van der Waals surface area contributed by atoms with Gasteiger partial charge in [0.25, 0.3) is 5.91 Å². The second-order valence-electron chi connectivity index (χ2n) is 10.2. The number of hydrogen-bond acceptors (Lipinski definition) is 3. The van der Waals surface area contributed by atoms with Gasteiger partial charge in [0.15, 0.2) is 6.61 Å². The lowest BCUT2D eigenvalue weighted by Gasteiger charge is -2.32. The van der Waals surface area contributed by atoms with Gasteiger partial charge in [0.1, 0.15) is 11.8 Å². The monoisotopic (exact) mass is 578 g/mol. The van der Waals surface area contributed by atoms with Crippen molar-refractivity contribution in [3.63, 3.8) is 0 Å².